The lowest BCUT2D eigenvalue weighted by Crippen LogP contribution is -2.05. The molecule has 3 heteroatoms. The summed E-state index contributed by atoms with van der Waals surface area (Å²) in [5.41, 5.74) is 0.227. The number of halogens is 3. The molecule has 0 aliphatic heterocycles. The van der Waals surface area contributed by atoms with E-state index >= 15 is 0 Å². The quantitative estimate of drug-likeness (QED) is 0.474. The van der Waals surface area contributed by atoms with Crippen molar-refractivity contribution < 1.29 is 13.2 Å². The summed E-state index contributed by atoms with van der Waals surface area (Å²) in [7, 11) is 0. The summed E-state index contributed by atoms with van der Waals surface area (Å²) in [6.07, 6.45) is 8.07. The molecular weight excluding hydrogens is 261 g/mol. The van der Waals surface area contributed by atoms with Gasteiger partial charge in [0.25, 0.3) is 0 Å². The van der Waals surface area contributed by atoms with E-state index in [1.54, 1.807) is 6.07 Å². The van der Waals surface area contributed by atoms with Crippen LogP contribution in [-0.2, 0) is 12.6 Å². The minimum Gasteiger partial charge on any atom is -0.166 e. The fourth-order valence-electron chi connectivity index (χ4n) is 2.77. The van der Waals surface area contributed by atoms with E-state index in [1.807, 2.05) is 0 Å². The van der Waals surface area contributed by atoms with Crippen molar-refractivity contribution in [2.75, 3.05) is 0 Å². The molecule has 110 valence electrons. The summed E-state index contributed by atoms with van der Waals surface area (Å²) in [6, 6.07) is 5.66. The molecule has 1 aliphatic rings. The maximum absolute atomic E-state index is 12.6. The fourth-order valence-corrected chi connectivity index (χ4v) is 2.77. The van der Waals surface area contributed by atoms with Crippen LogP contribution in [0.4, 0.5) is 13.2 Å². The van der Waals surface area contributed by atoms with Gasteiger partial charge in [0.1, 0.15) is 0 Å². The number of hydrogen-bond donors (Lipinski definition) is 0. The van der Waals surface area contributed by atoms with Gasteiger partial charge < -0.3 is 0 Å². The number of alkyl halides is 3. The van der Waals surface area contributed by atoms with Gasteiger partial charge in [0.2, 0.25) is 0 Å². The highest BCUT2D eigenvalue weighted by Gasteiger charge is 2.30. The molecule has 1 fully saturated rings. The Kier molecular flexibility index (Phi) is 5.27. The Hall–Kier alpha value is -1.25. The molecule has 0 unspecified atom stereocenters. The normalized spacial score (nSPS) is 17.1. The Balaban J connectivity index is 1.76. The number of unbranched alkanes of at least 4 members (excludes halogenated alkanes) is 1. The van der Waals surface area contributed by atoms with E-state index in [-0.39, 0.29) is 0 Å². The molecule has 0 heterocycles. The van der Waals surface area contributed by atoms with E-state index in [4.69, 9.17) is 0 Å². The molecule has 0 aromatic heterocycles. The standard InChI is InChI=1S/C17H21F3/c18-17(19,20)16-12-6-11-15(13-16)10-3-1-2-7-14-8-4-5-9-14/h2,6-7,11-14H,1,3-5,8-10H2/b7-2+. The highest BCUT2D eigenvalue weighted by atomic mass is 19.4. The van der Waals surface area contributed by atoms with Crippen molar-refractivity contribution in [3.63, 3.8) is 0 Å². The first-order valence-electron chi connectivity index (χ1n) is 7.38. The van der Waals surface area contributed by atoms with Crippen LogP contribution in [0.2, 0.25) is 0 Å². The average molecular weight is 282 g/mol. The molecule has 0 bridgehead atoms. The SMILES string of the molecule is FC(F)(F)c1cccc(CCC/C=C/C2CCCC2)c1. The summed E-state index contributed by atoms with van der Waals surface area (Å²) < 4.78 is 37.7. The van der Waals surface area contributed by atoms with E-state index in [9.17, 15) is 13.2 Å². The molecule has 0 radical (unpaired) electrons. The van der Waals surface area contributed by atoms with Crippen molar-refractivity contribution in [3.8, 4) is 0 Å². The first-order chi connectivity index (χ1) is 9.55. The van der Waals surface area contributed by atoms with Crippen molar-refractivity contribution in [1.29, 1.82) is 0 Å². The Labute approximate surface area is 118 Å². The first-order valence-corrected chi connectivity index (χ1v) is 7.38. The highest BCUT2D eigenvalue weighted by Crippen LogP contribution is 2.30. The number of rotatable bonds is 5. The summed E-state index contributed by atoms with van der Waals surface area (Å²) in [5.74, 6) is 0.739. The molecule has 1 aromatic carbocycles. The van der Waals surface area contributed by atoms with Crippen molar-refractivity contribution in [2.24, 2.45) is 5.92 Å². The van der Waals surface area contributed by atoms with E-state index in [1.165, 1.54) is 37.8 Å². The van der Waals surface area contributed by atoms with Crippen molar-refractivity contribution >= 4 is 0 Å². The van der Waals surface area contributed by atoms with E-state index in [2.05, 4.69) is 12.2 Å². The minimum atomic E-state index is -4.24. The zero-order valence-corrected chi connectivity index (χ0v) is 11.6. The Morgan fingerprint density at radius 2 is 1.90 bits per heavy atom. The third-order valence-electron chi connectivity index (χ3n) is 3.90. The number of allylic oxidation sites excluding steroid dienone is 2. The van der Waals surface area contributed by atoms with Gasteiger partial charge in [0.05, 0.1) is 5.56 Å². The predicted octanol–water partition coefficient (Wildman–Crippen LogP) is 5.77. The minimum absolute atomic E-state index is 0.545. The van der Waals surface area contributed by atoms with Gasteiger partial charge in [0.15, 0.2) is 0 Å². The molecule has 0 amide bonds. The van der Waals surface area contributed by atoms with Crippen LogP contribution in [0, 0.1) is 5.92 Å². The molecule has 0 nitrogen and oxygen atoms in total. The summed E-state index contributed by atoms with van der Waals surface area (Å²) >= 11 is 0. The first kappa shape index (κ1) is 15.1. The largest absolute Gasteiger partial charge is 0.416 e. The van der Waals surface area contributed by atoms with Gasteiger partial charge in [-0.3, -0.25) is 0 Å². The van der Waals surface area contributed by atoms with Crippen LogP contribution in [-0.4, -0.2) is 0 Å². The molecule has 1 aromatic rings. The van der Waals surface area contributed by atoms with Crippen LogP contribution in [0.5, 0.6) is 0 Å². The topological polar surface area (TPSA) is 0 Å². The van der Waals surface area contributed by atoms with E-state index in [0.29, 0.717) is 6.42 Å². The molecular formula is C17H21F3. The zero-order valence-electron chi connectivity index (χ0n) is 11.6. The van der Waals surface area contributed by atoms with Crippen molar-refractivity contribution in [1.82, 2.24) is 0 Å². The molecule has 20 heavy (non-hydrogen) atoms. The second kappa shape index (κ2) is 6.96. The Bertz CT molecular complexity index is 440. The number of benzene rings is 1. The van der Waals surface area contributed by atoms with Crippen LogP contribution >= 0.6 is 0 Å². The highest BCUT2D eigenvalue weighted by molar-refractivity contribution is 5.25. The summed E-state index contributed by atoms with van der Waals surface area (Å²) in [6.45, 7) is 0. The van der Waals surface area contributed by atoms with Crippen LogP contribution in [0.15, 0.2) is 36.4 Å². The van der Waals surface area contributed by atoms with Gasteiger partial charge in [-0.2, -0.15) is 13.2 Å². The van der Waals surface area contributed by atoms with Crippen molar-refractivity contribution in [2.45, 2.75) is 51.1 Å². The maximum atomic E-state index is 12.6. The molecule has 0 spiro atoms. The van der Waals surface area contributed by atoms with Crippen LogP contribution < -0.4 is 0 Å². The fraction of sp³-hybridized carbons (Fsp3) is 0.529. The van der Waals surface area contributed by atoms with Gasteiger partial charge in [-0.25, -0.2) is 0 Å². The second-order valence-corrected chi connectivity index (χ2v) is 5.56. The smallest absolute Gasteiger partial charge is 0.166 e. The summed E-state index contributed by atoms with van der Waals surface area (Å²) in [4.78, 5) is 0. The lowest BCUT2D eigenvalue weighted by Gasteiger charge is -2.08. The predicted molar refractivity (Wildman–Crippen MR) is 75.5 cm³/mol. The number of aryl methyl sites for hydroxylation is 1. The van der Waals surface area contributed by atoms with Crippen molar-refractivity contribution in [3.05, 3.63) is 47.5 Å². The molecule has 0 N–H and O–H groups in total. The molecule has 1 saturated carbocycles. The van der Waals surface area contributed by atoms with E-state index in [0.717, 1.165) is 30.4 Å². The van der Waals surface area contributed by atoms with Gasteiger partial charge >= 0.3 is 6.18 Å². The molecule has 1 aliphatic carbocycles. The van der Waals surface area contributed by atoms with Gasteiger partial charge in [-0.05, 0) is 49.7 Å². The third-order valence-corrected chi connectivity index (χ3v) is 3.90. The van der Waals surface area contributed by atoms with Crippen LogP contribution in [0.3, 0.4) is 0 Å². The van der Waals surface area contributed by atoms with E-state index < -0.39 is 11.7 Å². The lowest BCUT2D eigenvalue weighted by atomic mass is 10.0. The maximum Gasteiger partial charge on any atom is 0.416 e. The summed E-state index contributed by atoms with van der Waals surface area (Å²) in [5, 5.41) is 0. The van der Waals surface area contributed by atoms with Gasteiger partial charge in [-0.1, -0.05) is 43.2 Å². The van der Waals surface area contributed by atoms with Crippen LogP contribution in [0.1, 0.15) is 49.7 Å². The Morgan fingerprint density at radius 1 is 1.15 bits per heavy atom. The monoisotopic (exact) mass is 282 g/mol. The number of hydrogen-bond acceptors (Lipinski definition) is 0. The third kappa shape index (κ3) is 4.69. The zero-order chi connectivity index (χ0) is 14.4. The van der Waals surface area contributed by atoms with Gasteiger partial charge in [-0.15, -0.1) is 0 Å². The Morgan fingerprint density at radius 3 is 2.60 bits per heavy atom. The van der Waals surface area contributed by atoms with Gasteiger partial charge in [0, 0.05) is 0 Å². The lowest BCUT2D eigenvalue weighted by molar-refractivity contribution is -0.137. The van der Waals surface area contributed by atoms with Crippen LogP contribution in [0.25, 0.3) is 0 Å². The second-order valence-electron chi connectivity index (χ2n) is 5.56. The average Bonchev–Trinajstić information content (AvgIpc) is 2.91. The molecule has 2 rings (SSSR count). The molecule has 0 atom stereocenters. The molecule has 0 saturated heterocycles.